The van der Waals surface area contributed by atoms with E-state index >= 15 is 0 Å². The first kappa shape index (κ1) is 11.7. The van der Waals surface area contributed by atoms with Crippen molar-refractivity contribution in [1.29, 1.82) is 5.26 Å². The van der Waals surface area contributed by atoms with Gasteiger partial charge in [0, 0.05) is 0 Å². The zero-order valence-electron chi connectivity index (χ0n) is 8.48. The number of hydrogen-bond donors (Lipinski definition) is 2. The first-order chi connectivity index (χ1) is 7.51. The van der Waals surface area contributed by atoms with Crippen LogP contribution in [0.5, 0.6) is 0 Å². The molecule has 0 atom stereocenters. The van der Waals surface area contributed by atoms with Crippen LogP contribution < -0.4 is 11.1 Å². The van der Waals surface area contributed by atoms with Gasteiger partial charge in [0.2, 0.25) is 0 Å². The number of aromatic amines is 1. The molecule has 1 aromatic rings. The molecule has 84 valence electrons. The number of rotatable bonds is 3. The van der Waals surface area contributed by atoms with Crippen LogP contribution in [0.1, 0.15) is 18.3 Å². The van der Waals surface area contributed by atoms with Gasteiger partial charge in [-0.05, 0) is 6.42 Å². The maximum Gasteiger partial charge on any atom is 0.323 e. The average molecular weight is 223 g/mol. The van der Waals surface area contributed by atoms with Crippen LogP contribution in [0, 0.1) is 11.3 Å². The van der Waals surface area contributed by atoms with Gasteiger partial charge in [0.15, 0.2) is 0 Å². The van der Waals surface area contributed by atoms with Crippen LogP contribution >= 0.6 is 0 Å². The number of nitriles is 1. The topological polar surface area (TPSA) is 116 Å². The molecule has 0 saturated carbocycles. The van der Waals surface area contributed by atoms with Gasteiger partial charge in [-0.2, -0.15) is 5.26 Å². The maximum atomic E-state index is 11.4. The lowest BCUT2D eigenvalue weighted by atomic mass is 10.2. The highest BCUT2D eigenvalue weighted by Gasteiger charge is 2.14. The van der Waals surface area contributed by atoms with Crippen molar-refractivity contribution < 1.29 is 9.90 Å². The van der Waals surface area contributed by atoms with Crippen molar-refractivity contribution in [2.24, 2.45) is 0 Å². The predicted octanol–water partition coefficient (Wildman–Crippen LogP) is -0.945. The molecule has 7 nitrogen and oxygen atoms in total. The van der Waals surface area contributed by atoms with Crippen LogP contribution in [0.15, 0.2) is 9.59 Å². The van der Waals surface area contributed by atoms with Gasteiger partial charge in [-0.1, -0.05) is 6.92 Å². The second kappa shape index (κ2) is 4.44. The summed E-state index contributed by atoms with van der Waals surface area (Å²) in [5.41, 5.74) is -1.81. The van der Waals surface area contributed by atoms with Gasteiger partial charge in [0.1, 0.15) is 18.3 Å². The number of nitrogens with one attached hydrogen (secondary N) is 1. The van der Waals surface area contributed by atoms with E-state index in [4.69, 9.17) is 10.4 Å². The van der Waals surface area contributed by atoms with Crippen molar-refractivity contribution in [3.05, 3.63) is 32.1 Å². The van der Waals surface area contributed by atoms with E-state index in [1.54, 1.807) is 13.0 Å². The van der Waals surface area contributed by atoms with E-state index in [2.05, 4.69) is 4.98 Å². The molecule has 0 unspecified atom stereocenters. The molecule has 0 fully saturated rings. The second-order valence-electron chi connectivity index (χ2n) is 3.03. The Balaban J connectivity index is 3.61. The Morgan fingerprint density at radius 3 is 2.62 bits per heavy atom. The molecular weight excluding hydrogens is 214 g/mol. The highest BCUT2D eigenvalue weighted by Crippen LogP contribution is 2.01. The number of aliphatic carboxylic acids is 1. The highest BCUT2D eigenvalue weighted by atomic mass is 16.4. The van der Waals surface area contributed by atoms with E-state index in [9.17, 15) is 14.4 Å². The highest BCUT2D eigenvalue weighted by molar-refractivity contribution is 5.66. The van der Waals surface area contributed by atoms with Gasteiger partial charge < -0.3 is 10.1 Å². The monoisotopic (exact) mass is 223 g/mol. The van der Waals surface area contributed by atoms with Gasteiger partial charge in [-0.25, -0.2) is 0 Å². The summed E-state index contributed by atoms with van der Waals surface area (Å²) in [6.45, 7) is 0.986. The van der Waals surface area contributed by atoms with Crippen LogP contribution in [-0.4, -0.2) is 20.6 Å². The largest absolute Gasteiger partial charge is 0.480 e. The minimum absolute atomic E-state index is 0.116. The van der Waals surface area contributed by atoms with Crippen LogP contribution in [0.3, 0.4) is 0 Å². The molecule has 0 saturated heterocycles. The minimum atomic E-state index is -1.29. The lowest BCUT2D eigenvalue weighted by molar-refractivity contribution is -0.137. The van der Waals surface area contributed by atoms with Crippen molar-refractivity contribution in [2.75, 3.05) is 0 Å². The Kier molecular flexibility index (Phi) is 3.25. The number of carboxylic acids is 1. The number of aryl methyl sites for hydroxylation is 1. The standard InChI is InChI=1S/C9H9N3O4/c1-2-5-6(3-10)12(4-7(13)14)9(16)8(15)11-5/h2,4H2,1H3,(H,11,15)(H,13,14). The Bertz CT molecular complexity index is 576. The van der Waals surface area contributed by atoms with Gasteiger partial charge in [-0.3, -0.25) is 19.0 Å². The third kappa shape index (κ3) is 2.00. The smallest absolute Gasteiger partial charge is 0.323 e. The first-order valence-corrected chi connectivity index (χ1v) is 4.49. The number of carbonyl (C=O) groups is 1. The molecule has 2 N–H and O–H groups in total. The molecule has 16 heavy (non-hydrogen) atoms. The van der Waals surface area contributed by atoms with E-state index in [-0.39, 0.29) is 11.4 Å². The van der Waals surface area contributed by atoms with Crippen LogP contribution in [0.4, 0.5) is 0 Å². The maximum absolute atomic E-state index is 11.4. The molecule has 1 heterocycles. The van der Waals surface area contributed by atoms with Gasteiger partial charge in [0.05, 0.1) is 5.69 Å². The summed E-state index contributed by atoms with van der Waals surface area (Å²) in [5, 5.41) is 17.4. The van der Waals surface area contributed by atoms with Gasteiger partial charge in [0.25, 0.3) is 0 Å². The number of hydrogen-bond acceptors (Lipinski definition) is 4. The predicted molar refractivity (Wildman–Crippen MR) is 53.1 cm³/mol. The summed E-state index contributed by atoms with van der Waals surface area (Å²) < 4.78 is 0.667. The SMILES string of the molecule is CCc1[nH]c(=O)c(=O)n(CC(=O)O)c1C#N. The summed E-state index contributed by atoms with van der Waals surface area (Å²) >= 11 is 0. The van der Waals surface area contributed by atoms with Crippen molar-refractivity contribution in [3.8, 4) is 6.07 Å². The Labute approximate surface area is 89.6 Å². The summed E-state index contributed by atoms with van der Waals surface area (Å²) in [7, 11) is 0. The summed E-state index contributed by atoms with van der Waals surface area (Å²) in [5.74, 6) is -1.29. The molecule has 0 aliphatic heterocycles. The molecule has 7 heteroatoms. The number of aromatic nitrogens is 2. The Hall–Kier alpha value is -2.36. The van der Waals surface area contributed by atoms with E-state index in [1.807, 2.05) is 0 Å². The lowest BCUT2D eigenvalue weighted by Crippen LogP contribution is -2.40. The van der Waals surface area contributed by atoms with Gasteiger partial charge in [-0.15, -0.1) is 0 Å². The van der Waals surface area contributed by atoms with Gasteiger partial charge >= 0.3 is 17.1 Å². The Morgan fingerprint density at radius 2 is 2.19 bits per heavy atom. The normalized spacial score (nSPS) is 9.75. The first-order valence-electron chi connectivity index (χ1n) is 4.49. The quantitative estimate of drug-likeness (QED) is 0.641. The second-order valence-corrected chi connectivity index (χ2v) is 3.03. The molecule has 0 aliphatic carbocycles. The Morgan fingerprint density at radius 1 is 1.56 bits per heavy atom. The van der Waals surface area contributed by atoms with E-state index in [1.165, 1.54) is 0 Å². The fourth-order valence-electron chi connectivity index (χ4n) is 1.31. The van der Waals surface area contributed by atoms with E-state index in [0.717, 1.165) is 0 Å². The number of nitrogens with zero attached hydrogens (tertiary/aromatic N) is 2. The van der Waals surface area contributed by atoms with Crippen LogP contribution in [0.2, 0.25) is 0 Å². The average Bonchev–Trinajstić information content (AvgIpc) is 2.23. The molecule has 0 aliphatic rings. The zero-order chi connectivity index (χ0) is 12.3. The van der Waals surface area contributed by atoms with Crippen molar-refractivity contribution in [3.63, 3.8) is 0 Å². The van der Waals surface area contributed by atoms with Crippen molar-refractivity contribution in [2.45, 2.75) is 19.9 Å². The molecular formula is C9H9N3O4. The molecule has 0 bridgehead atoms. The zero-order valence-corrected chi connectivity index (χ0v) is 8.48. The molecule has 0 aromatic carbocycles. The number of H-pyrrole nitrogens is 1. The summed E-state index contributed by atoms with van der Waals surface area (Å²) in [6, 6.07) is 1.72. The fraction of sp³-hybridized carbons (Fsp3) is 0.333. The van der Waals surface area contributed by atoms with E-state index < -0.39 is 23.6 Å². The van der Waals surface area contributed by atoms with Crippen LogP contribution in [-0.2, 0) is 17.8 Å². The summed E-state index contributed by atoms with van der Waals surface area (Å²) in [4.78, 5) is 35.3. The molecule has 0 amide bonds. The minimum Gasteiger partial charge on any atom is -0.480 e. The molecule has 1 rings (SSSR count). The lowest BCUT2D eigenvalue weighted by Gasteiger charge is -2.07. The third-order valence-corrected chi connectivity index (χ3v) is 2.01. The van der Waals surface area contributed by atoms with Crippen molar-refractivity contribution in [1.82, 2.24) is 9.55 Å². The van der Waals surface area contributed by atoms with E-state index in [0.29, 0.717) is 11.0 Å². The third-order valence-electron chi connectivity index (χ3n) is 2.01. The number of carboxylic acid groups (broad SMARTS) is 1. The molecule has 0 radical (unpaired) electrons. The molecule has 1 aromatic heterocycles. The summed E-state index contributed by atoms with van der Waals surface area (Å²) in [6.07, 6.45) is 0.331. The molecule has 0 spiro atoms. The fourth-order valence-corrected chi connectivity index (χ4v) is 1.31. The van der Waals surface area contributed by atoms with Crippen molar-refractivity contribution >= 4 is 5.97 Å². The van der Waals surface area contributed by atoms with Crippen LogP contribution in [0.25, 0.3) is 0 Å².